The zero-order valence-electron chi connectivity index (χ0n) is 13.8. The van der Waals surface area contributed by atoms with Crippen LogP contribution in [-0.2, 0) is 19.6 Å². The highest BCUT2D eigenvalue weighted by molar-refractivity contribution is 7.89. The predicted octanol–water partition coefficient (Wildman–Crippen LogP) is 1.41. The zero-order chi connectivity index (χ0) is 18.4. The van der Waals surface area contributed by atoms with Crippen LogP contribution in [0.5, 0.6) is 0 Å². The molecule has 2 amide bonds. The smallest absolute Gasteiger partial charge is 0.242 e. The van der Waals surface area contributed by atoms with E-state index in [0.29, 0.717) is 11.3 Å². The maximum Gasteiger partial charge on any atom is 0.242 e. The normalized spacial score (nSPS) is 12.2. The lowest BCUT2D eigenvalue weighted by Gasteiger charge is -2.18. The Labute approximate surface area is 146 Å². The average Bonchev–Trinajstić information content (AvgIpc) is 2.60. The number of nitrogens with one attached hydrogen (secondary N) is 3. The summed E-state index contributed by atoms with van der Waals surface area (Å²) in [6, 6.07) is 13.2. The summed E-state index contributed by atoms with van der Waals surface area (Å²) in [7, 11) is -2.49. The molecular formula is C17H19N3O4S. The van der Waals surface area contributed by atoms with E-state index in [1.807, 2.05) is 0 Å². The number of carbonyl (C=O) groups excluding carboxylic acids is 2. The third-order valence-electron chi connectivity index (χ3n) is 3.40. The van der Waals surface area contributed by atoms with E-state index in [2.05, 4.69) is 15.4 Å². The number of amides is 2. The van der Waals surface area contributed by atoms with E-state index in [0.717, 1.165) is 0 Å². The summed E-state index contributed by atoms with van der Waals surface area (Å²) < 4.78 is 27.6. The fraction of sp³-hybridized carbons (Fsp3) is 0.176. The summed E-state index contributed by atoms with van der Waals surface area (Å²) in [6.45, 7) is 1.36. The van der Waals surface area contributed by atoms with Crippen LogP contribution in [0.4, 0.5) is 5.69 Å². The zero-order valence-corrected chi connectivity index (χ0v) is 14.6. The number of hydrogen-bond donors (Lipinski definition) is 3. The van der Waals surface area contributed by atoms with Crippen LogP contribution in [0.3, 0.4) is 0 Å². The van der Waals surface area contributed by atoms with Gasteiger partial charge < -0.3 is 10.6 Å². The number of likely N-dealkylation sites (N-methyl/N-ethyl adjacent to an activating group) is 1. The molecule has 0 aliphatic heterocycles. The van der Waals surface area contributed by atoms with Crippen molar-refractivity contribution >= 4 is 27.5 Å². The third kappa shape index (κ3) is 4.88. The number of benzene rings is 2. The Hall–Kier alpha value is -2.71. The number of rotatable bonds is 6. The quantitative estimate of drug-likeness (QED) is 0.723. The molecule has 132 valence electrons. The highest BCUT2D eigenvalue weighted by atomic mass is 32.2. The molecule has 0 heterocycles. The lowest BCUT2D eigenvalue weighted by Crippen LogP contribution is -2.39. The van der Waals surface area contributed by atoms with Crippen LogP contribution in [0.25, 0.3) is 0 Å². The van der Waals surface area contributed by atoms with Crippen LogP contribution in [0.15, 0.2) is 59.5 Å². The molecule has 0 bridgehead atoms. The molecule has 0 aromatic heterocycles. The van der Waals surface area contributed by atoms with E-state index in [4.69, 9.17) is 0 Å². The molecule has 3 N–H and O–H groups in total. The van der Waals surface area contributed by atoms with Gasteiger partial charge in [0.1, 0.15) is 6.04 Å². The Balaban J connectivity index is 2.28. The van der Waals surface area contributed by atoms with Gasteiger partial charge in [0, 0.05) is 19.7 Å². The van der Waals surface area contributed by atoms with Gasteiger partial charge in [-0.1, -0.05) is 30.3 Å². The molecule has 0 radical (unpaired) electrons. The van der Waals surface area contributed by atoms with Gasteiger partial charge in [-0.3, -0.25) is 9.59 Å². The molecule has 2 aromatic carbocycles. The van der Waals surface area contributed by atoms with E-state index >= 15 is 0 Å². The van der Waals surface area contributed by atoms with Crippen molar-refractivity contribution in [3.63, 3.8) is 0 Å². The van der Waals surface area contributed by atoms with Crippen molar-refractivity contribution in [2.75, 3.05) is 12.4 Å². The molecule has 0 unspecified atom stereocenters. The van der Waals surface area contributed by atoms with Gasteiger partial charge in [-0.15, -0.1) is 0 Å². The Bertz CT molecular complexity index is 849. The van der Waals surface area contributed by atoms with Crippen molar-refractivity contribution in [2.24, 2.45) is 0 Å². The third-order valence-corrected chi connectivity index (χ3v) is 4.84. The van der Waals surface area contributed by atoms with Gasteiger partial charge >= 0.3 is 0 Å². The van der Waals surface area contributed by atoms with E-state index in [1.54, 1.807) is 30.3 Å². The minimum atomic E-state index is -3.93. The fourth-order valence-electron chi connectivity index (χ4n) is 2.21. The SMILES string of the molecule is CNC(=O)[C@H](NS(=O)(=O)c1ccc(NC(C)=O)cc1)c1ccccc1. The minimum absolute atomic E-state index is 0.00793. The van der Waals surface area contributed by atoms with Gasteiger partial charge in [-0.2, -0.15) is 4.72 Å². The van der Waals surface area contributed by atoms with Gasteiger partial charge in [-0.05, 0) is 29.8 Å². The van der Waals surface area contributed by atoms with Crippen molar-refractivity contribution in [3.05, 3.63) is 60.2 Å². The minimum Gasteiger partial charge on any atom is -0.357 e. The molecule has 0 aliphatic carbocycles. The van der Waals surface area contributed by atoms with Crippen LogP contribution in [0.2, 0.25) is 0 Å². The first-order valence-corrected chi connectivity index (χ1v) is 8.98. The maximum atomic E-state index is 12.6. The molecule has 0 saturated heterocycles. The molecule has 8 heteroatoms. The van der Waals surface area contributed by atoms with Crippen molar-refractivity contribution in [1.29, 1.82) is 0 Å². The van der Waals surface area contributed by atoms with Crippen LogP contribution in [-0.4, -0.2) is 27.3 Å². The summed E-state index contributed by atoms with van der Waals surface area (Å²) in [5, 5.41) is 5.01. The van der Waals surface area contributed by atoms with Crippen molar-refractivity contribution in [3.8, 4) is 0 Å². The summed E-state index contributed by atoms with van der Waals surface area (Å²) in [6.07, 6.45) is 0. The van der Waals surface area contributed by atoms with E-state index < -0.39 is 22.0 Å². The number of hydrogen-bond acceptors (Lipinski definition) is 4. The summed E-state index contributed by atoms with van der Waals surface area (Å²) in [4.78, 5) is 23.1. The van der Waals surface area contributed by atoms with Gasteiger partial charge in [0.25, 0.3) is 0 Å². The molecule has 1 atom stereocenters. The monoisotopic (exact) mass is 361 g/mol. The maximum absolute atomic E-state index is 12.6. The molecule has 2 aromatic rings. The lowest BCUT2D eigenvalue weighted by molar-refractivity contribution is -0.122. The largest absolute Gasteiger partial charge is 0.357 e. The Morgan fingerprint density at radius 3 is 2.08 bits per heavy atom. The van der Waals surface area contributed by atoms with Gasteiger partial charge in [0.2, 0.25) is 21.8 Å². The van der Waals surface area contributed by atoms with Crippen LogP contribution in [0, 0.1) is 0 Å². The first-order valence-electron chi connectivity index (χ1n) is 7.50. The van der Waals surface area contributed by atoms with Crippen molar-refractivity contribution in [1.82, 2.24) is 10.0 Å². The molecule has 2 rings (SSSR count). The summed E-state index contributed by atoms with van der Waals surface area (Å²) in [5.41, 5.74) is 1.01. The molecule has 7 nitrogen and oxygen atoms in total. The Morgan fingerprint density at radius 2 is 1.56 bits per heavy atom. The van der Waals surface area contributed by atoms with Gasteiger partial charge in [-0.25, -0.2) is 8.42 Å². The summed E-state index contributed by atoms with van der Waals surface area (Å²) >= 11 is 0. The predicted molar refractivity (Wildman–Crippen MR) is 94.3 cm³/mol. The Morgan fingerprint density at radius 1 is 0.960 bits per heavy atom. The molecule has 0 saturated carbocycles. The van der Waals surface area contributed by atoms with E-state index in [9.17, 15) is 18.0 Å². The van der Waals surface area contributed by atoms with Crippen LogP contribution >= 0.6 is 0 Å². The molecule has 0 spiro atoms. The summed E-state index contributed by atoms with van der Waals surface area (Å²) in [5.74, 6) is -0.720. The first kappa shape index (κ1) is 18.6. The molecule has 0 fully saturated rings. The van der Waals surface area contributed by atoms with Crippen LogP contribution < -0.4 is 15.4 Å². The highest BCUT2D eigenvalue weighted by Crippen LogP contribution is 2.19. The highest BCUT2D eigenvalue weighted by Gasteiger charge is 2.26. The second-order valence-corrected chi connectivity index (χ2v) is 7.00. The number of carbonyl (C=O) groups is 2. The van der Waals surface area contributed by atoms with E-state index in [1.165, 1.54) is 38.2 Å². The van der Waals surface area contributed by atoms with Gasteiger partial charge in [0.05, 0.1) is 4.90 Å². The second-order valence-electron chi connectivity index (χ2n) is 5.28. The molecular weight excluding hydrogens is 342 g/mol. The van der Waals surface area contributed by atoms with Crippen molar-refractivity contribution < 1.29 is 18.0 Å². The molecule has 0 aliphatic rings. The average molecular weight is 361 g/mol. The first-order chi connectivity index (χ1) is 11.8. The molecule has 25 heavy (non-hydrogen) atoms. The number of anilines is 1. The fourth-order valence-corrected chi connectivity index (χ4v) is 3.39. The van der Waals surface area contributed by atoms with E-state index in [-0.39, 0.29) is 10.8 Å². The second kappa shape index (κ2) is 7.91. The van der Waals surface area contributed by atoms with Crippen LogP contribution in [0.1, 0.15) is 18.5 Å². The van der Waals surface area contributed by atoms with Crippen molar-refractivity contribution in [2.45, 2.75) is 17.9 Å². The standard InChI is InChI=1S/C17H19N3O4S/c1-12(21)19-14-8-10-15(11-9-14)25(23,24)20-16(17(22)18-2)13-6-4-3-5-7-13/h3-11,16,20H,1-2H3,(H,18,22)(H,19,21)/t16-/m1/s1. The topological polar surface area (TPSA) is 104 Å². The Kier molecular flexibility index (Phi) is 5.89. The number of sulfonamides is 1. The van der Waals surface area contributed by atoms with Gasteiger partial charge in [0.15, 0.2) is 0 Å². The lowest BCUT2D eigenvalue weighted by atomic mass is 10.1.